The molecule has 3 aromatic rings. The molecule has 0 atom stereocenters. The number of rotatable bonds is 9. The Labute approximate surface area is 218 Å². The van der Waals surface area contributed by atoms with E-state index in [0.29, 0.717) is 40.8 Å². The maximum atomic E-state index is 12.7. The van der Waals surface area contributed by atoms with Gasteiger partial charge in [0.1, 0.15) is 18.2 Å². The van der Waals surface area contributed by atoms with Gasteiger partial charge in [0.05, 0.1) is 7.11 Å². The first-order valence-corrected chi connectivity index (χ1v) is 11.9. The molecule has 0 fully saturated rings. The molecule has 0 radical (unpaired) electrons. The fourth-order valence-corrected chi connectivity index (χ4v) is 3.75. The smallest absolute Gasteiger partial charge is 0.266 e. The molecule has 178 valence electrons. The quantitative estimate of drug-likeness (QED) is 0.172. The van der Waals surface area contributed by atoms with E-state index in [4.69, 9.17) is 21.1 Å². The van der Waals surface area contributed by atoms with E-state index in [1.807, 2.05) is 43.3 Å². The van der Waals surface area contributed by atoms with Crippen LogP contribution in [0.1, 0.15) is 22.3 Å². The van der Waals surface area contributed by atoms with Gasteiger partial charge in [-0.05, 0) is 72.5 Å². The van der Waals surface area contributed by atoms with Gasteiger partial charge >= 0.3 is 0 Å². The first-order valence-electron chi connectivity index (χ1n) is 10.7. The molecule has 0 aromatic heterocycles. The number of hydrogen-bond acceptors (Lipinski definition) is 4. The number of aryl methyl sites for hydroxylation is 1. The zero-order chi connectivity index (χ0) is 25.4. The van der Waals surface area contributed by atoms with Crippen molar-refractivity contribution in [2.24, 2.45) is 0 Å². The largest absolute Gasteiger partial charge is 0.493 e. The lowest BCUT2D eigenvalue weighted by atomic mass is 10.0. The Balaban J connectivity index is 1.89. The molecule has 3 rings (SSSR count). The summed E-state index contributed by atoms with van der Waals surface area (Å²) in [4.78, 5) is 12.7. The van der Waals surface area contributed by atoms with E-state index in [2.05, 4.69) is 27.8 Å². The van der Waals surface area contributed by atoms with Crippen LogP contribution in [0, 0.1) is 18.3 Å². The molecule has 7 heteroatoms. The van der Waals surface area contributed by atoms with Crippen LogP contribution in [0.25, 0.3) is 6.08 Å². The van der Waals surface area contributed by atoms with Crippen LogP contribution < -0.4 is 14.8 Å². The van der Waals surface area contributed by atoms with Crippen molar-refractivity contribution >= 4 is 45.2 Å². The van der Waals surface area contributed by atoms with E-state index >= 15 is 0 Å². The molecule has 1 amide bonds. The van der Waals surface area contributed by atoms with Gasteiger partial charge in [-0.15, -0.1) is 6.58 Å². The standard InChI is InChI=1S/C28H24BrClN2O3/c1-4-5-21-12-20(13-22(16-31)28(33)32-24-11-6-18(2)25(30)15-24)14-26(34-3)27(21)35-17-19-7-9-23(29)10-8-19/h4,6-15H,1,5,17H2,2-3H3,(H,32,33)/b22-13-. The number of carbonyl (C=O) groups is 1. The molecule has 0 heterocycles. The Morgan fingerprint density at radius 2 is 1.94 bits per heavy atom. The summed E-state index contributed by atoms with van der Waals surface area (Å²) in [7, 11) is 1.55. The van der Waals surface area contributed by atoms with Crippen LogP contribution in [0.5, 0.6) is 11.5 Å². The highest BCUT2D eigenvalue weighted by Crippen LogP contribution is 2.35. The lowest BCUT2D eigenvalue weighted by molar-refractivity contribution is -0.112. The van der Waals surface area contributed by atoms with E-state index in [1.165, 1.54) is 6.08 Å². The van der Waals surface area contributed by atoms with Crippen LogP contribution in [0.3, 0.4) is 0 Å². The van der Waals surface area contributed by atoms with Crippen molar-refractivity contribution in [2.75, 3.05) is 12.4 Å². The summed E-state index contributed by atoms with van der Waals surface area (Å²) >= 11 is 9.57. The van der Waals surface area contributed by atoms with Crippen LogP contribution >= 0.6 is 27.5 Å². The Morgan fingerprint density at radius 1 is 1.20 bits per heavy atom. The molecule has 0 saturated carbocycles. The predicted octanol–water partition coefficient (Wildman–Crippen LogP) is 7.27. The summed E-state index contributed by atoms with van der Waals surface area (Å²) < 4.78 is 12.7. The predicted molar refractivity (Wildman–Crippen MR) is 144 cm³/mol. The maximum absolute atomic E-state index is 12.7. The van der Waals surface area contributed by atoms with Crippen LogP contribution in [-0.2, 0) is 17.8 Å². The summed E-state index contributed by atoms with van der Waals surface area (Å²) in [5, 5.41) is 12.9. The third kappa shape index (κ3) is 6.98. The number of methoxy groups -OCH3 is 1. The second kappa shape index (κ2) is 12.3. The van der Waals surface area contributed by atoms with Gasteiger partial charge in [-0.2, -0.15) is 5.26 Å². The molecule has 3 aromatic carbocycles. The second-order valence-electron chi connectivity index (χ2n) is 7.71. The molecule has 5 nitrogen and oxygen atoms in total. The molecule has 35 heavy (non-hydrogen) atoms. The van der Waals surface area contributed by atoms with Crippen molar-refractivity contribution in [3.8, 4) is 17.6 Å². The summed E-state index contributed by atoms with van der Waals surface area (Å²) in [6.07, 6.45) is 3.79. The molecule has 0 aliphatic rings. The SMILES string of the molecule is C=CCc1cc(/C=C(/C#N)C(=O)Nc2ccc(C)c(Cl)c2)cc(OC)c1OCc1ccc(Br)cc1. The van der Waals surface area contributed by atoms with Crippen molar-refractivity contribution in [1.29, 1.82) is 5.26 Å². The second-order valence-corrected chi connectivity index (χ2v) is 9.03. The summed E-state index contributed by atoms with van der Waals surface area (Å²) in [6, 6.07) is 18.6. The maximum Gasteiger partial charge on any atom is 0.266 e. The highest BCUT2D eigenvalue weighted by atomic mass is 79.9. The number of benzene rings is 3. The molecule has 0 bridgehead atoms. The number of carbonyl (C=O) groups excluding carboxylic acids is 1. The minimum atomic E-state index is -0.535. The molecule has 0 aliphatic carbocycles. The average Bonchev–Trinajstić information content (AvgIpc) is 2.85. The summed E-state index contributed by atoms with van der Waals surface area (Å²) in [6.45, 7) is 6.06. The third-order valence-electron chi connectivity index (χ3n) is 5.14. The molecule has 1 N–H and O–H groups in total. The molecule has 0 aliphatic heterocycles. The number of allylic oxidation sites excluding steroid dienone is 1. The van der Waals surface area contributed by atoms with Gasteiger partial charge in [0.2, 0.25) is 0 Å². The van der Waals surface area contributed by atoms with Crippen LogP contribution in [0.2, 0.25) is 5.02 Å². The van der Waals surface area contributed by atoms with Gasteiger partial charge in [-0.1, -0.05) is 51.8 Å². The van der Waals surface area contributed by atoms with Crippen molar-refractivity contribution in [3.63, 3.8) is 0 Å². The van der Waals surface area contributed by atoms with Gasteiger partial charge in [-0.25, -0.2) is 0 Å². The monoisotopic (exact) mass is 550 g/mol. The first-order chi connectivity index (χ1) is 16.8. The Hall–Kier alpha value is -3.53. The molecule has 0 saturated heterocycles. The minimum Gasteiger partial charge on any atom is -0.493 e. The van der Waals surface area contributed by atoms with E-state index in [-0.39, 0.29) is 5.57 Å². The zero-order valence-corrected chi connectivity index (χ0v) is 21.7. The molecule has 0 spiro atoms. The lowest BCUT2D eigenvalue weighted by Crippen LogP contribution is -2.13. The number of amides is 1. The van der Waals surface area contributed by atoms with Crippen molar-refractivity contribution in [2.45, 2.75) is 20.0 Å². The topological polar surface area (TPSA) is 71.4 Å². The van der Waals surface area contributed by atoms with Crippen molar-refractivity contribution in [1.82, 2.24) is 0 Å². The van der Waals surface area contributed by atoms with Gasteiger partial charge in [0.15, 0.2) is 11.5 Å². The van der Waals surface area contributed by atoms with Gasteiger partial charge in [0, 0.05) is 20.7 Å². The zero-order valence-electron chi connectivity index (χ0n) is 19.4. The van der Waals surface area contributed by atoms with E-state index < -0.39 is 5.91 Å². The summed E-state index contributed by atoms with van der Waals surface area (Å²) in [5.74, 6) is 0.549. The average molecular weight is 552 g/mol. The van der Waals surface area contributed by atoms with E-state index in [0.717, 1.165) is 21.2 Å². The Bertz CT molecular complexity index is 1310. The number of hydrogen-bond donors (Lipinski definition) is 1. The van der Waals surface area contributed by atoms with Crippen LogP contribution in [-0.4, -0.2) is 13.0 Å². The van der Waals surface area contributed by atoms with Crippen molar-refractivity contribution in [3.05, 3.63) is 105 Å². The molecule has 0 unspecified atom stereocenters. The number of ether oxygens (including phenoxy) is 2. The van der Waals surface area contributed by atoms with E-state index in [9.17, 15) is 10.1 Å². The van der Waals surface area contributed by atoms with Gasteiger partial charge in [-0.3, -0.25) is 4.79 Å². The number of anilines is 1. The Kier molecular flexibility index (Phi) is 9.13. The first kappa shape index (κ1) is 26.1. The Morgan fingerprint density at radius 3 is 2.57 bits per heavy atom. The number of nitrogens with one attached hydrogen (secondary N) is 1. The summed E-state index contributed by atoms with van der Waals surface area (Å²) in [5.41, 5.74) is 3.80. The number of halogens is 2. The van der Waals surface area contributed by atoms with Gasteiger partial charge < -0.3 is 14.8 Å². The minimum absolute atomic E-state index is 0.0585. The van der Waals surface area contributed by atoms with Crippen LogP contribution in [0.15, 0.2) is 77.3 Å². The highest BCUT2D eigenvalue weighted by Gasteiger charge is 2.15. The normalized spacial score (nSPS) is 10.9. The van der Waals surface area contributed by atoms with E-state index in [1.54, 1.807) is 37.5 Å². The fourth-order valence-electron chi connectivity index (χ4n) is 3.31. The molecular formula is C28H24BrClN2O3. The van der Waals surface area contributed by atoms with Crippen molar-refractivity contribution < 1.29 is 14.3 Å². The third-order valence-corrected chi connectivity index (χ3v) is 6.08. The van der Waals surface area contributed by atoms with Crippen LogP contribution in [0.4, 0.5) is 5.69 Å². The molecular weight excluding hydrogens is 528 g/mol. The highest BCUT2D eigenvalue weighted by molar-refractivity contribution is 9.10. The van der Waals surface area contributed by atoms with Gasteiger partial charge in [0.25, 0.3) is 5.91 Å². The lowest BCUT2D eigenvalue weighted by Gasteiger charge is -2.16. The fraction of sp³-hybridized carbons (Fsp3) is 0.143. The number of nitriles is 1. The number of nitrogens with zero attached hydrogens (tertiary/aromatic N) is 1.